The topological polar surface area (TPSA) is 75.9 Å². The van der Waals surface area contributed by atoms with Gasteiger partial charge < -0.3 is 20.3 Å². The molecule has 1 aliphatic rings. The van der Waals surface area contributed by atoms with Gasteiger partial charge in [-0.25, -0.2) is 0 Å². The Kier molecular flexibility index (Phi) is 5.13. The lowest BCUT2D eigenvalue weighted by molar-refractivity contribution is -0.133. The summed E-state index contributed by atoms with van der Waals surface area (Å²) in [6, 6.07) is 7.84. The zero-order chi connectivity index (χ0) is 17.0. The highest BCUT2D eigenvalue weighted by molar-refractivity contribution is 5.94. The predicted molar refractivity (Wildman–Crippen MR) is 89.1 cm³/mol. The summed E-state index contributed by atoms with van der Waals surface area (Å²) in [7, 11) is 1.65. The standard InChI is InChI=1S/C17H24N3O3/c1-17(2,16(18)22)12-15(21)20-10-8-19(9-11-20)13-6-4-5-7-14(13)23-3/h4-7,12H,8-11H2,1-3H3,(H2,18,22). The van der Waals surface area contributed by atoms with Crippen molar-refractivity contribution >= 4 is 17.5 Å². The number of carbonyl (C=O) groups is 2. The molecule has 125 valence electrons. The number of primary amides is 1. The van der Waals surface area contributed by atoms with Crippen molar-refractivity contribution in [3.8, 4) is 5.75 Å². The molecule has 0 atom stereocenters. The van der Waals surface area contributed by atoms with Gasteiger partial charge in [0.2, 0.25) is 11.8 Å². The smallest absolute Gasteiger partial charge is 0.227 e. The van der Waals surface area contributed by atoms with Crippen molar-refractivity contribution in [3.63, 3.8) is 0 Å². The molecule has 2 N–H and O–H groups in total. The first kappa shape index (κ1) is 17.1. The molecule has 1 saturated heterocycles. The van der Waals surface area contributed by atoms with E-state index in [2.05, 4.69) is 4.90 Å². The van der Waals surface area contributed by atoms with Crippen LogP contribution >= 0.6 is 0 Å². The highest BCUT2D eigenvalue weighted by atomic mass is 16.5. The molecule has 0 bridgehead atoms. The van der Waals surface area contributed by atoms with E-state index in [-0.39, 0.29) is 5.91 Å². The normalized spacial score (nSPS) is 15.4. The van der Waals surface area contributed by atoms with Crippen molar-refractivity contribution in [2.24, 2.45) is 11.1 Å². The zero-order valence-electron chi connectivity index (χ0n) is 13.9. The average Bonchev–Trinajstić information content (AvgIpc) is 2.54. The first-order valence-electron chi connectivity index (χ1n) is 7.68. The molecular formula is C17H24N3O3. The Labute approximate surface area is 137 Å². The lowest BCUT2D eigenvalue weighted by Crippen LogP contribution is -2.50. The summed E-state index contributed by atoms with van der Waals surface area (Å²) in [4.78, 5) is 27.6. The van der Waals surface area contributed by atoms with Gasteiger partial charge in [0, 0.05) is 26.2 Å². The predicted octanol–water partition coefficient (Wildman–Crippen LogP) is 1.06. The number of ether oxygens (including phenoxy) is 1. The molecule has 0 saturated carbocycles. The summed E-state index contributed by atoms with van der Waals surface area (Å²) >= 11 is 0. The fraction of sp³-hybridized carbons (Fsp3) is 0.471. The molecule has 1 aliphatic heterocycles. The fourth-order valence-corrected chi connectivity index (χ4v) is 2.53. The molecule has 1 radical (unpaired) electrons. The van der Waals surface area contributed by atoms with Crippen LogP contribution in [0.25, 0.3) is 0 Å². The Morgan fingerprint density at radius 1 is 1.17 bits per heavy atom. The van der Waals surface area contributed by atoms with E-state index < -0.39 is 11.3 Å². The van der Waals surface area contributed by atoms with E-state index in [1.807, 2.05) is 24.3 Å². The van der Waals surface area contributed by atoms with E-state index in [1.165, 1.54) is 6.42 Å². The number of hydrogen-bond donors (Lipinski definition) is 1. The van der Waals surface area contributed by atoms with Crippen LogP contribution in [-0.4, -0.2) is 50.0 Å². The maximum Gasteiger partial charge on any atom is 0.227 e. The molecule has 2 rings (SSSR count). The minimum atomic E-state index is -0.934. The van der Waals surface area contributed by atoms with Crippen LogP contribution in [-0.2, 0) is 9.59 Å². The third-order valence-electron chi connectivity index (χ3n) is 4.14. The number of rotatable bonds is 5. The van der Waals surface area contributed by atoms with Crippen LogP contribution in [0.2, 0.25) is 0 Å². The van der Waals surface area contributed by atoms with Crippen LogP contribution in [0.1, 0.15) is 13.8 Å². The second-order valence-electron chi connectivity index (χ2n) is 6.21. The zero-order valence-corrected chi connectivity index (χ0v) is 13.9. The van der Waals surface area contributed by atoms with Crippen molar-refractivity contribution in [3.05, 3.63) is 30.7 Å². The second-order valence-corrected chi connectivity index (χ2v) is 6.21. The number of nitrogens with two attached hydrogens (primary N) is 1. The maximum absolute atomic E-state index is 12.3. The summed E-state index contributed by atoms with van der Waals surface area (Å²) in [5.41, 5.74) is 5.41. The lowest BCUT2D eigenvalue weighted by atomic mass is 9.88. The summed E-state index contributed by atoms with van der Waals surface area (Å²) in [6.07, 6.45) is 1.41. The van der Waals surface area contributed by atoms with Crippen LogP contribution in [0, 0.1) is 11.8 Å². The van der Waals surface area contributed by atoms with Crippen molar-refractivity contribution < 1.29 is 14.3 Å². The monoisotopic (exact) mass is 318 g/mol. The number of para-hydroxylation sites is 2. The third-order valence-corrected chi connectivity index (χ3v) is 4.14. The molecule has 1 aromatic rings. The minimum absolute atomic E-state index is 0.145. The SMILES string of the molecule is COc1ccccc1N1CCN(C(=O)[CH]C(C)(C)C(N)=O)CC1. The molecule has 2 amide bonds. The number of amides is 2. The molecule has 1 fully saturated rings. The Morgan fingerprint density at radius 3 is 2.35 bits per heavy atom. The van der Waals surface area contributed by atoms with Gasteiger partial charge in [-0.15, -0.1) is 0 Å². The first-order valence-corrected chi connectivity index (χ1v) is 7.68. The average molecular weight is 318 g/mol. The largest absolute Gasteiger partial charge is 0.495 e. The fourth-order valence-electron chi connectivity index (χ4n) is 2.53. The number of carbonyl (C=O) groups excluding carboxylic acids is 2. The molecule has 6 nitrogen and oxygen atoms in total. The van der Waals surface area contributed by atoms with Crippen LogP contribution in [0.4, 0.5) is 5.69 Å². The highest BCUT2D eigenvalue weighted by Crippen LogP contribution is 2.28. The van der Waals surface area contributed by atoms with Gasteiger partial charge in [-0.3, -0.25) is 9.59 Å². The quantitative estimate of drug-likeness (QED) is 0.881. The third kappa shape index (κ3) is 3.94. The molecule has 6 heteroatoms. The Morgan fingerprint density at radius 2 is 1.78 bits per heavy atom. The summed E-state index contributed by atoms with van der Waals surface area (Å²) in [6.45, 7) is 5.94. The van der Waals surface area contributed by atoms with Crippen LogP contribution in [0.15, 0.2) is 24.3 Å². The van der Waals surface area contributed by atoms with Gasteiger partial charge in [-0.1, -0.05) is 26.0 Å². The van der Waals surface area contributed by atoms with Crippen molar-refractivity contribution in [2.75, 3.05) is 38.2 Å². The molecule has 1 aromatic carbocycles. The Hall–Kier alpha value is -2.24. The molecule has 1 heterocycles. The number of nitrogens with zero attached hydrogens (tertiary/aromatic N) is 2. The number of methoxy groups -OCH3 is 1. The summed E-state index contributed by atoms with van der Waals surface area (Å²) in [5.74, 6) is 0.181. The molecule has 0 aromatic heterocycles. The van der Waals surface area contributed by atoms with E-state index in [9.17, 15) is 9.59 Å². The van der Waals surface area contributed by atoms with Gasteiger partial charge in [0.25, 0.3) is 0 Å². The first-order chi connectivity index (χ1) is 10.8. The van der Waals surface area contributed by atoms with Gasteiger partial charge in [0.1, 0.15) is 5.75 Å². The summed E-state index contributed by atoms with van der Waals surface area (Å²) in [5, 5.41) is 0. The van der Waals surface area contributed by atoms with Crippen molar-refractivity contribution in [2.45, 2.75) is 13.8 Å². The van der Waals surface area contributed by atoms with Crippen molar-refractivity contribution in [1.29, 1.82) is 0 Å². The van der Waals surface area contributed by atoms with Gasteiger partial charge in [0.15, 0.2) is 0 Å². The minimum Gasteiger partial charge on any atom is -0.495 e. The molecule has 0 spiro atoms. The van der Waals surface area contributed by atoms with E-state index in [4.69, 9.17) is 10.5 Å². The van der Waals surface area contributed by atoms with Gasteiger partial charge >= 0.3 is 0 Å². The number of benzene rings is 1. The van der Waals surface area contributed by atoms with Gasteiger partial charge in [-0.05, 0) is 12.1 Å². The van der Waals surface area contributed by atoms with Crippen LogP contribution < -0.4 is 15.4 Å². The lowest BCUT2D eigenvalue weighted by Gasteiger charge is -2.37. The van der Waals surface area contributed by atoms with Crippen LogP contribution in [0.3, 0.4) is 0 Å². The molecule has 0 unspecified atom stereocenters. The number of anilines is 1. The number of piperazine rings is 1. The molecular weight excluding hydrogens is 294 g/mol. The van der Waals surface area contributed by atoms with E-state index in [1.54, 1.807) is 25.9 Å². The highest BCUT2D eigenvalue weighted by Gasteiger charge is 2.32. The van der Waals surface area contributed by atoms with Crippen LogP contribution in [0.5, 0.6) is 5.75 Å². The van der Waals surface area contributed by atoms with Crippen molar-refractivity contribution in [1.82, 2.24) is 4.90 Å². The maximum atomic E-state index is 12.3. The van der Waals surface area contributed by atoms with E-state index in [0.29, 0.717) is 13.1 Å². The second kappa shape index (κ2) is 6.89. The Balaban J connectivity index is 1.96. The number of hydrogen-bond acceptors (Lipinski definition) is 4. The molecule has 0 aliphatic carbocycles. The van der Waals surface area contributed by atoms with Gasteiger partial charge in [0.05, 0.1) is 24.6 Å². The van der Waals surface area contributed by atoms with E-state index in [0.717, 1.165) is 24.5 Å². The Bertz CT molecular complexity index is 578. The van der Waals surface area contributed by atoms with Gasteiger partial charge in [-0.2, -0.15) is 0 Å². The molecule has 23 heavy (non-hydrogen) atoms. The van der Waals surface area contributed by atoms with E-state index >= 15 is 0 Å². The summed E-state index contributed by atoms with van der Waals surface area (Å²) < 4.78 is 5.39.